The largest absolute Gasteiger partial charge is 0.383 e. The first-order chi connectivity index (χ1) is 10.7. The summed E-state index contributed by atoms with van der Waals surface area (Å²) < 4.78 is 5.15. The van der Waals surface area contributed by atoms with Crippen LogP contribution in [0.15, 0.2) is 0 Å². The Morgan fingerprint density at radius 2 is 1.68 bits per heavy atom. The second-order valence-electron chi connectivity index (χ2n) is 8.08. The summed E-state index contributed by atoms with van der Waals surface area (Å²) in [6.45, 7) is 4.36. The van der Waals surface area contributed by atoms with Crippen LogP contribution in [0.4, 0.5) is 0 Å². The van der Waals surface area contributed by atoms with Gasteiger partial charge in [0, 0.05) is 45.8 Å². The third-order valence-electron chi connectivity index (χ3n) is 6.79. The highest BCUT2D eigenvalue weighted by Crippen LogP contribution is 2.55. The monoisotopic (exact) mass is 306 g/mol. The van der Waals surface area contributed by atoms with Crippen LogP contribution in [0.25, 0.3) is 0 Å². The summed E-state index contributed by atoms with van der Waals surface area (Å²) in [6, 6.07) is 0.781. The maximum absolute atomic E-state index is 12.3. The van der Waals surface area contributed by atoms with E-state index in [1.54, 1.807) is 7.11 Å². The Morgan fingerprint density at radius 1 is 1.00 bits per heavy atom. The zero-order chi connectivity index (χ0) is 15.1. The van der Waals surface area contributed by atoms with Crippen LogP contribution in [-0.4, -0.2) is 61.6 Å². The lowest BCUT2D eigenvalue weighted by molar-refractivity contribution is -0.131. The molecule has 5 rings (SSSR count). The van der Waals surface area contributed by atoms with Gasteiger partial charge in [-0.3, -0.25) is 9.69 Å². The van der Waals surface area contributed by atoms with E-state index in [-0.39, 0.29) is 0 Å². The Balaban J connectivity index is 1.42. The molecule has 4 aliphatic carbocycles. The minimum absolute atomic E-state index is 0.323. The van der Waals surface area contributed by atoms with Crippen molar-refractivity contribution in [3.05, 3.63) is 0 Å². The van der Waals surface area contributed by atoms with Crippen molar-refractivity contribution in [2.24, 2.45) is 23.7 Å². The second kappa shape index (κ2) is 6.12. The first-order valence-electron chi connectivity index (χ1n) is 9.25. The van der Waals surface area contributed by atoms with E-state index in [4.69, 9.17) is 4.74 Å². The number of nitrogens with zero attached hydrogens (tertiary/aromatic N) is 2. The quantitative estimate of drug-likeness (QED) is 0.796. The van der Waals surface area contributed by atoms with Crippen LogP contribution in [0.3, 0.4) is 0 Å². The molecule has 1 saturated heterocycles. The number of hydrogen-bond acceptors (Lipinski definition) is 3. The zero-order valence-electron chi connectivity index (χ0n) is 13.9. The number of methoxy groups -OCH3 is 1. The van der Waals surface area contributed by atoms with Crippen LogP contribution in [-0.2, 0) is 9.53 Å². The molecule has 0 unspecified atom stereocenters. The summed E-state index contributed by atoms with van der Waals surface area (Å²) in [7, 11) is 1.71. The number of ether oxygens (including phenoxy) is 1. The first kappa shape index (κ1) is 14.9. The van der Waals surface area contributed by atoms with Crippen LogP contribution >= 0.6 is 0 Å². The second-order valence-corrected chi connectivity index (χ2v) is 8.08. The lowest BCUT2D eigenvalue weighted by Gasteiger charge is -2.57. The van der Waals surface area contributed by atoms with E-state index >= 15 is 0 Å². The van der Waals surface area contributed by atoms with Crippen LogP contribution < -0.4 is 0 Å². The average Bonchev–Trinajstić information content (AvgIpc) is 2.67. The summed E-state index contributed by atoms with van der Waals surface area (Å²) in [6.07, 6.45) is 8.09. The molecule has 4 nitrogen and oxygen atoms in total. The molecule has 0 aromatic carbocycles. The molecule has 0 radical (unpaired) electrons. The molecule has 0 N–H and O–H groups in total. The summed E-state index contributed by atoms with van der Waals surface area (Å²) >= 11 is 0. The van der Waals surface area contributed by atoms with Crippen molar-refractivity contribution in [2.45, 2.75) is 44.6 Å². The molecule has 4 heteroatoms. The Kier molecular flexibility index (Phi) is 4.16. The SMILES string of the molecule is COCCN1CCN(C2C3CC4CC(C3)CC2C4)CCC1=O. The zero-order valence-corrected chi connectivity index (χ0v) is 13.9. The fourth-order valence-corrected chi connectivity index (χ4v) is 6.11. The van der Waals surface area contributed by atoms with E-state index < -0.39 is 0 Å². The molecule has 0 aromatic heterocycles. The molecule has 1 aliphatic heterocycles. The third-order valence-corrected chi connectivity index (χ3v) is 6.79. The predicted octanol–water partition coefficient (Wildman–Crippen LogP) is 1.99. The normalized spacial score (nSPS) is 42.0. The number of hydrogen-bond donors (Lipinski definition) is 0. The highest BCUT2D eigenvalue weighted by Gasteiger charge is 2.50. The lowest BCUT2D eigenvalue weighted by Crippen LogP contribution is -2.56. The van der Waals surface area contributed by atoms with Gasteiger partial charge in [-0.1, -0.05) is 0 Å². The predicted molar refractivity (Wildman–Crippen MR) is 85.5 cm³/mol. The van der Waals surface area contributed by atoms with E-state index in [9.17, 15) is 4.79 Å². The lowest BCUT2D eigenvalue weighted by atomic mass is 9.54. The topological polar surface area (TPSA) is 32.8 Å². The van der Waals surface area contributed by atoms with Gasteiger partial charge in [0.1, 0.15) is 0 Å². The number of rotatable bonds is 4. The third kappa shape index (κ3) is 2.69. The van der Waals surface area contributed by atoms with E-state index in [1.165, 1.54) is 32.1 Å². The summed E-state index contributed by atoms with van der Waals surface area (Å²) in [5.41, 5.74) is 0. The minimum atomic E-state index is 0.323. The van der Waals surface area contributed by atoms with Crippen molar-refractivity contribution in [1.29, 1.82) is 0 Å². The van der Waals surface area contributed by atoms with Crippen LogP contribution in [0.1, 0.15) is 38.5 Å². The number of carbonyl (C=O) groups is 1. The Bertz CT molecular complexity index is 397. The molecule has 5 aliphatic rings. The average molecular weight is 306 g/mol. The minimum Gasteiger partial charge on any atom is -0.383 e. The fraction of sp³-hybridized carbons (Fsp3) is 0.944. The van der Waals surface area contributed by atoms with Crippen molar-refractivity contribution in [2.75, 3.05) is 39.9 Å². The fourth-order valence-electron chi connectivity index (χ4n) is 6.11. The van der Waals surface area contributed by atoms with Gasteiger partial charge in [-0.25, -0.2) is 0 Å². The van der Waals surface area contributed by atoms with Gasteiger partial charge >= 0.3 is 0 Å². The smallest absolute Gasteiger partial charge is 0.223 e. The van der Waals surface area contributed by atoms with Crippen LogP contribution in [0.5, 0.6) is 0 Å². The van der Waals surface area contributed by atoms with E-state index in [1.807, 2.05) is 4.90 Å². The van der Waals surface area contributed by atoms with Gasteiger partial charge < -0.3 is 9.64 Å². The van der Waals surface area contributed by atoms with Gasteiger partial charge in [0.25, 0.3) is 0 Å². The highest BCUT2D eigenvalue weighted by molar-refractivity contribution is 5.76. The first-order valence-corrected chi connectivity index (χ1v) is 9.25. The molecular formula is C18H30N2O2. The van der Waals surface area contributed by atoms with Gasteiger partial charge in [0.2, 0.25) is 5.91 Å². The van der Waals surface area contributed by atoms with Gasteiger partial charge in [0.15, 0.2) is 0 Å². The van der Waals surface area contributed by atoms with Crippen LogP contribution in [0, 0.1) is 23.7 Å². The summed E-state index contributed by atoms with van der Waals surface area (Å²) in [4.78, 5) is 17.0. The highest BCUT2D eigenvalue weighted by atomic mass is 16.5. The Morgan fingerprint density at radius 3 is 2.32 bits per heavy atom. The van der Waals surface area contributed by atoms with Crippen molar-refractivity contribution < 1.29 is 9.53 Å². The molecule has 1 amide bonds. The van der Waals surface area contributed by atoms with Crippen molar-refractivity contribution in [3.63, 3.8) is 0 Å². The summed E-state index contributed by atoms with van der Waals surface area (Å²) in [5.74, 6) is 4.24. The molecule has 22 heavy (non-hydrogen) atoms. The Labute approximate surface area is 134 Å². The van der Waals surface area contributed by atoms with Crippen molar-refractivity contribution in [1.82, 2.24) is 9.80 Å². The molecule has 124 valence electrons. The van der Waals surface area contributed by atoms with Crippen molar-refractivity contribution >= 4 is 5.91 Å². The Hall–Kier alpha value is -0.610. The van der Waals surface area contributed by atoms with E-state index in [0.29, 0.717) is 18.9 Å². The van der Waals surface area contributed by atoms with Gasteiger partial charge in [-0.15, -0.1) is 0 Å². The number of amides is 1. The molecule has 0 aromatic rings. The number of carbonyl (C=O) groups excluding carboxylic acids is 1. The molecular weight excluding hydrogens is 276 g/mol. The van der Waals surface area contributed by atoms with Gasteiger partial charge in [-0.2, -0.15) is 0 Å². The maximum Gasteiger partial charge on any atom is 0.223 e. The molecule has 4 saturated carbocycles. The van der Waals surface area contributed by atoms with Gasteiger partial charge in [-0.05, 0) is 55.8 Å². The van der Waals surface area contributed by atoms with Gasteiger partial charge in [0.05, 0.1) is 6.61 Å². The maximum atomic E-state index is 12.3. The molecule has 1 heterocycles. The molecule has 4 bridgehead atoms. The molecule has 5 fully saturated rings. The molecule has 0 spiro atoms. The van der Waals surface area contributed by atoms with Crippen molar-refractivity contribution in [3.8, 4) is 0 Å². The van der Waals surface area contributed by atoms with E-state index in [2.05, 4.69) is 4.90 Å². The summed E-state index contributed by atoms with van der Waals surface area (Å²) in [5, 5.41) is 0. The molecule has 0 atom stereocenters. The van der Waals surface area contributed by atoms with Crippen LogP contribution in [0.2, 0.25) is 0 Å². The van der Waals surface area contributed by atoms with E-state index in [0.717, 1.165) is 55.9 Å². The standard InChI is InChI=1S/C18H30N2O2/c1-22-7-6-19-4-5-20(3-2-17(19)21)18-15-9-13-8-14(11-15)12-16(18)10-13/h13-16,18H,2-12H2,1H3.